The monoisotopic (exact) mass is 233 g/mol. The van der Waals surface area contributed by atoms with Crippen LogP contribution in [0.4, 0.5) is 0 Å². The molecule has 0 aliphatic rings. The van der Waals surface area contributed by atoms with E-state index in [4.69, 9.17) is 10.8 Å². The van der Waals surface area contributed by atoms with E-state index in [9.17, 15) is 0 Å². The van der Waals surface area contributed by atoms with Gasteiger partial charge in [0.1, 0.15) is 0 Å². The maximum absolute atomic E-state index is 9.13. The van der Waals surface area contributed by atoms with Gasteiger partial charge in [-0.25, -0.2) is 4.98 Å². The van der Waals surface area contributed by atoms with E-state index in [2.05, 4.69) is 23.5 Å². The van der Waals surface area contributed by atoms with Gasteiger partial charge in [-0.2, -0.15) is 0 Å². The van der Waals surface area contributed by atoms with Crippen molar-refractivity contribution in [1.29, 1.82) is 0 Å². The Morgan fingerprint density at radius 3 is 2.88 bits per heavy atom. The van der Waals surface area contributed by atoms with Gasteiger partial charge in [-0.15, -0.1) is 0 Å². The van der Waals surface area contributed by atoms with Gasteiger partial charge in [0, 0.05) is 17.8 Å². The Bertz CT molecular complexity index is 430. The number of rotatable bonds is 5. The van der Waals surface area contributed by atoms with Crippen LogP contribution in [0.1, 0.15) is 25.5 Å². The van der Waals surface area contributed by atoms with Gasteiger partial charge in [0.2, 0.25) is 0 Å². The molecular weight excluding hydrogens is 214 g/mol. The van der Waals surface area contributed by atoms with Crippen LogP contribution >= 0.6 is 0 Å². The molecule has 4 nitrogen and oxygen atoms in total. The smallest absolute Gasteiger partial charge is 0.0921 e. The zero-order valence-corrected chi connectivity index (χ0v) is 10.3. The summed E-state index contributed by atoms with van der Waals surface area (Å²) in [6, 6.07) is 0. The minimum Gasteiger partial charge on any atom is -0.405 e. The fourth-order valence-electron chi connectivity index (χ4n) is 1.69. The van der Waals surface area contributed by atoms with Crippen molar-refractivity contribution in [2.75, 3.05) is 6.61 Å². The minimum atomic E-state index is -0.0521. The molecule has 4 N–H and O–H groups in total. The van der Waals surface area contributed by atoms with E-state index in [1.54, 1.807) is 12.5 Å². The molecule has 0 saturated heterocycles. The molecule has 0 fully saturated rings. The van der Waals surface area contributed by atoms with Crippen LogP contribution in [-0.4, -0.2) is 21.7 Å². The molecule has 0 aliphatic heterocycles. The molecule has 4 heteroatoms. The lowest BCUT2D eigenvalue weighted by Gasteiger charge is -2.16. The van der Waals surface area contributed by atoms with E-state index >= 15 is 0 Å². The summed E-state index contributed by atoms with van der Waals surface area (Å²) in [5.74, 6) is 0.126. The predicted molar refractivity (Wildman–Crippen MR) is 69.3 cm³/mol. The van der Waals surface area contributed by atoms with Crippen LogP contribution < -0.4 is 5.73 Å². The zero-order valence-electron chi connectivity index (χ0n) is 10.3. The third kappa shape index (κ3) is 3.07. The highest BCUT2D eigenvalue weighted by Crippen LogP contribution is 2.28. The first-order chi connectivity index (χ1) is 8.11. The van der Waals surface area contributed by atoms with Crippen LogP contribution in [0.5, 0.6) is 0 Å². The summed E-state index contributed by atoms with van der Waals surface area (Å²) in [4.78, 5) is 7.08. The Morgan fingerprint density at radius 1 is 1.71 bits per heavy atom. The molecule has 1 rings (SSSR count). The van der Waals surface area contributed by atoms with Gasteiger partial charge in [-0.05, 0) is 35.9 Å². The second-order valence-corrected chi connectivity index (χ2v) is 3.93. The van der Waals surface area contributed by atoms with Crippen LogP contribution in [0.15, 0.2) is 48.1 Å². The molecule has 0 saturated carbocycles. The van der Waals surface area contributed by atoms with Crippen LogP contribution in [-0.2, 0) is 0 Å². The van der Waals surface area contributed by atoms with Crippen molar-refractivity contribution in [3.05, 3.63) is 53.8 Å². The van der Waals surface area contributed by atoms with E-state index in [0.29, 0.717) is 5.57 Å². The number of aliphatic hydroxyl groups excluding tert-OH is 1. The lowest BCUT2D eigenvalue weighted by atomic mass is 9.91. The fourth-order valence-corrected chi connectivity index (χ4v) is 1.69. The number of aliphatic hydroxyl groups is 1. The van der Waals surface area contributed by atoms with Crippen molar-refractivity contribution >= 4 is 0 Å². The highest BCUT2D eigenvalue weighted by molar-refractivity contribution is 5.42. The number of nitrogens with zero attached hydrogens (tertiary/aromatic N) is 1. The van der Waals surface area contributed by atoms with E-state index in [-0.39, 0.29) is 12.5 Å². The van der Waals surface area contributed by atoms with Crippen LogP contribution in [0.3, 0.4) is 0 Å². The van der Waals surface area contributed by atoms with Gasteiger partial charge in [-0.3, -0.25) is 0 Å². The van der Waals surface area contributed by atoms with Crippen molar-refractivity contribution in [3.63, 3.8) is 0 Å². The number of allylic oxidation sites excluding steroid dienone is 2. The second-order valence-electron chi connectivity index (χ2n) is 3.93. The molecule has 1 heterocycles. The number of hydrogen-bond acceptors (Lipinski definition) is 3. The molecule has 92 valence electrons. The van der Waals surface area contributed by atoms with E-state index in [1.807, 2.05) is 13.0 Å². The summed E-state index contributed by atoms with van der Waals surface area (Å²) >= 11 is 0. The average molecular weight is 233 g/mol. The maximum atomic E-state index is 9.13. The molecule has 1 atom stereocenters. The molecular formula is C13H19N3O. The van der Waals surface area contributed by atoms with E-state index < -0.39 is 0 Å². The predicted octanol–water partition coefficient (Wildman–Crippen LogP) is 1.85. The van der Waals surface area contributed by atoms with Crippen LogP contribution in [0.2, 0.25) is 0 Å². The summed E-state index contributed by atoms with van der Waals surface area (Å²) in [5, 5.41) is 9.13. The number of nitrogens with two attached hydrogens (primary N) is 1. The fraction of sp³-hybridized carbons (Fsp3) is 0.308. The molecule has 0 bridgehead atoms. The number of hydrogen-bond donors (Lipinski definition) is 3. The van der Waals surface area contributed by atoms with Gasteiger partial charge in [0.25, 0.3) is 0 Å². The topological polar surface area (TPSA) is 74.9 Å². The number of imidazole rings is 1. The lowest BCUT2D eigenvalue weighted by molar-refractivity contribution is 0.333. The van der Waals surface area contributed by atoms with Crippen molar-refractivity contribution in [2.24, 2.45) is 5.73 Å². The third-order valence-electron chi connectivity index (χ3n) is 2.88. The van der Waals surface area contributed by atoms with E-state index in [1.165, 1.54) is 6.20 Å². The Hall–Kier alpha value is -1.81. The molecule has 17 heavy (non-hydrogen) atoms. The summed E-state index contributed by atoms with van der Waals surface area (Å²) < 4.78 is 0. The highest BCUT2D eigenvalue weighted by atomic mass is 16.3. The molecule has 0 radical (unpaired) electrons. The van der Waals surface area contributed by atoms with Crippen molar-refractivity contribution < 1.29 is 5.11 Å². The van der Waals surface area contributed by atoms with Crippen molar-refractivity contribution in [2.45, 2.75) is 19.8 Å². The van der Waals surface area contributed by atoms with Crippen LogP contribution in [0, 0.1) is 0 Å². The standard InChI is InChI=1S/C13H19N3O/c1-9(7-17)10(2)12(4-5-14)11(3)13-6-15-8-16-13/h4-6,8,11,17H,1,7,14H2,2-3H3,(H,15,16)/b5-4-,12-10+. The quantitative estimate of drug-likeness (QED) is 0.679. The summed E-state index contributed by atoms with van der Waals surface area (Å²) in [6.07, 6.45) is 6.76. The first-order valence-electron chi connectivity index (χ1n) is 5.48. The van der Waals surface area contributed by atoms with Gasteiger partial charge in [0.15, 0.2) is 0 Å². The molecule has 1 aromatic heterocycles. The normalized spacial score (nSPS) is 14.8. The lowest BCUT2D eigenvalue weighted by Crippen LogP contribution is -2.03. The number of aromatic amines is 1. The first-order valence-corrected chi connectivity index (χ1v) is 5.48. The Kier molecular flexibility index (Phi) is 4.72. The second kappa shape index (κ2) is 6.06. The number of aromatic nitrogens is 2. The summed E-state index contributed by atoms with van der Waals surface area (Å²) in [5.41, 5.74) is 9.15. The van der Waals surface area contributed by atoms with Crippen molar-refractivity contribution in [1.82, 2.24) is 9.97 Å². The van der Waals surface area contributed by atoms with E-state index in [0.717, 1.165) is 16.8 Å². The SMILES string of the molecule is C=C(CO)/C(C)=C(\C=C/N)C(C)c1cnc[nH]1. The molecule has 1 aromatic rings. The molecule has 0 aromatic carbocycles. The van der Waals surface area contributed by atoms with Gasteiger partial charge in [0.05, 0.1) is 12.9 Å². The Labute approximate surface area is 102 Å². The number of H-pyrrole nitrogens is 1. The Morgan fingerprint density at radius 2 is 2.41 bits per heavy atom. The first kappa shape index (κ1) is 13.3. The van der Waals surface area contributed by atoms with Gasteiger partial charge < -0.3 is 15.8 Å². The highest BCUT2D eigenvalue weighted by Gasteiger charge is 2.14. The number of nitrogens with one attached hydrogen (secondary N) is 1. The average Bonchev–Trinajstić information content (AvgIpc) is 2.87. The Balaban J connectivity index is 3.13. The summed E-state index contributed by atoms with van der Waals surface area (Å²) in [6.45, 7) is 7.76. The maximum Gasteiger partial charge on any atom is 0.0921 e. The van der Waals surface area contributed by atoms with Gasteiger partial charge in [-0.1, -0.05) is 13.5 Å². The molecule has 0 amide bonds. The third-order valence-corrected chi connectivity index (χ3v) is 2.88. The molecule has 1 unspecified atom stereocenters. The molecule has 0 aliphatic carbocycles. The zero-order chi connectivity index (χ0) is 12.8. The molecule has 0 spiro atoms. The van der Waals surface area contributed by atoms with Crippen molar-refractivity contribution in [3.8, 4) is 0 Å². The van der Waals surface area contributed by atoms with Crippen LogP contribution in [0.25, 0.3) is 0 Å². The summed E-state index contributed by atoms with van der Waals surface area (Å²) in [7, 11) is 0. The minimum absolute atomic E-state index is 0.0521. The van der Waals surface area contributed by atoms with Gasteiger partial charge >= 0.3 is 0 Å². The largest absolute Gasteiger partial charge is 0.405 e.